The minimum absolute atomic E-state index is 0.0573. The van der Waals surface area contributed by atoms with Crippen LogP contribution in [0.15, 0.2) is 29.9 Å². The molecule has 4 rings (SSSR count). The van der Waals surface area contributed by atoms with Crippen LogP contribution in [-0.4, -0.2) is 61.3 Å². The van der Waals surface area contributed by atoms with Crippen LogP contribution in [0.3, 0.4) is 0 Å². The van der Waals surface area contributed by atoms with E-state index in [1.807, 2.05) is 23.1 Å². The lowest BCUT2D eigenvalue weighted by molar-refractivity contribution is 0.208. The van der Waals surface area contributed by atoms with Crippen molar-refractivity contribution < 1.29 is 14.3 Å². The number of rotatable bonds is 5. The number of nitrogens with zero attached hydrogens (tertiary/aromatic N) is 4. The highest BCUT2D eigenvalue weighted by atomic mass is 32.1. The van der Waals surface area contributed by atoms with Crippen molar-refractivity contribution in [2.24, 2.45) is 0 Å². The molecule has 1 aliphatic rings. The third-order valence-electron chi connectivity index (χ3n) is 5.28. The average Bonchev–Trinajstić information content (AvgIpc) is 3.25. The average molecular weight is 428 g/mol. The van der Waals surface area contributed by atoms with E-state index in [-0.39, 0.29) is 6.03 Å². The van der Waals surface area contributed by atoms with Crippen LogP contribution < -0.4 is 19.7 Å². The lowest BCUT2D eigenvalue weighted by Gasteiger charge is -2.35. The number of amides is 2. The van der Waals surface area contributed by atoms with Crippen molar-refractivity contribution in [2.75, 3.05) is 50.6 Å². The SMILES string of the molecule is CCc1csc(NC(=O)N2CCN(c3ncnc4cc(OC)c(OC)cc34)CC2)c1. The Morgan fingerprint density at radius 3 is 2.50 bits per heavy atom. The summed E-state index contributed by atoms with van der Waals surface area (Å²) in [4.78, 5) is 25.5. The van der Waals surface area contributed by atoms with Crippen LogP contribution in [0.2, 0.25) is 0 Å². The van der Waals surface area contributed by atoms with Crippen LogP contribution in [0, 0.1) is 0 Å². The molecule has 1 fully saturated rings. The van der Waals surface area contributed by atoms with Crippen LogP contribution >= 0.6 is 11.3 Å². The Labute approximate surface area is 179 Å². The Morgan fingerprint density at radius 2 is 1.83 bits per heavy atom. The molecule has 0 aliphatic carbocycles. The fraction of sp³-hybridized carbons (Fsp3) is 0.381. The zero-order chi connectivity index (χ0) is 21.1. The number of nitrogens with one attached hydrogen (secondary N) is 1. The number of aryl methyl sites for hydroxylation is 1. The van der Waals surface area contributed by atoms with Gasteiger partial charge in [0.15, 0.2) is 11.5 Å². The highest BCUT2D eigenvalue weighted by Crippen LogP contribution is 2.35. The Morgan fingerprint density at radius 1 is 1.10 bits per heavy atom. The molecular formula is C21H25N5O3S. The number of hydrogen-bond donors (Lipinski definition) is 1. The van der Waals surface area contributed by atoms with E-state index in [2.05, 4.69) is 32.5 Å². The molecule has 0 unspecified atom stereocenters. The van der Waals surface area contributed by atoms with Crippen molar-refractivity contribution in [3.63, 3.8) is 0 Å². The number of anilines is 2. The first-order valence-electron chi connectivity index (χ1n) is 9.88. The lowest BCUT2D eigenvalue weighted by atomic mass is 10.2. The first-order chi connectivity index (χ1) is 14.6. The summed E-state index contributed by atoms with van der Waals surface area (Å²) in [7, 11) is 3.22. The van der Waals surface area contributed by atoms with Crippen LogP contribution in [0.4, 0.5) is 15.6 Å². The fourth-order valence-corrected chi connectivity index (χ4v) is 4.43. The van der Waals surface area contributed by atoms with E-state index in [1.54, 1.807) is 31.9 Å². The molecule has 0 saturated carbocycles. The Balaban J connectivity index is 1.47. The molecule has 1 N–H and O–H groups in total. The molecule has 2 amide bonds. The molecule has 1 aromatic carbocycles. The minimum atomic E-state index is -0.0573. The molecule has 9 heteroatoms. The number of urea groups is 1. The Bertz CT molecular complexity index is 1050. The number of fused-ring (bicyclic) bond motifs is 1. The predicted octanol–water partition coefficient (Wildman–Crippen LogP) is 3.63. The molecule has 0 spiro atoms. The van der Waals surface area contributed by atoms with Crippen molar-refractivity contribution in [3.05, 3.63) is 35.5 Å². The zero-order valence-corrected chi connectivity index (χ0v) is 18.2. The summed E-state index contributed by atoms with van der Waals surface area (Å²) in [6, 6.07) is 5.74. The van der Waals surface area contributed by atoms with E-state index in [4.69, 9.17) is 9.47 Å². The van der Waals surface area contributed by atoms with Gasteiger partial charge in [-0.3, -0.25) is 5.32 Å². The number of carbonyl (C=O) groups excluding carboxylic acids is 1. The monoisotopic (exact) mass is 427 g/mol. The second-order valence-electron chi connectivity index (χ2n) is 7.00. The number of carbonyl (C=O) groups is 1. The molecule has 1 aliphatic heterocycles. The van der Waals surface area contributed by atoms with Gasteiger partial charge in [0.2, 0.25) is 0 Å². The van der Waals surface area contributed by atoms with Gasteiger partial charge in [-0.2, -0.15) is 0 Å². The summed E-state index contributed by atoms with van der Waals surface area (Å²) in [5, 5.41) is 6.88. The predicted molar refractivity (Wildman–Crippen MR) is 119 cm³/mol. The first kappa shape index (κ1) is 20.2. The summed E-state index contributed by atoms with van der Waals surface area (Å²) >= 11 is 1.56. The highest BCUT2D eigenvalue weighted by Gasteiger charge is 2.24. The van der Waals surface area contributed by atoms with Crippen LogP contribution in [0.25, 0.3) is 10.9 Å². The minimum Gasteiger partial charge on any atom is -0.493 e. The van der Waals surface area contributed by atoms with Crippen molar-refractivity contribution in [3.8, 4) is 11.5 Å². The maximum atomic E-state index is 12.6. The molecule has 158 valence electrons. The van der Waals surface area contributed by atoms with E-state index in [1.165, 1.54) is 5.56 Å². The largest absolute Gasteiger partial charge is 0.493 e. The standard InChI is InChI=1S/C21H25N5O3S/c1-4-14-9-19(30-12-14)24-21(27)26-7-5-25(6-8-26)20-15-10-17(28-2)18(29-3)11-16(15)22-13-23-20/h9-13H,4-8H2,1-3H3,(H,24,27). The highest BCUT2D eigenvalue weighted by molar-refractivity contribution is 7.14. The lowest BCUT2D eigenvalue weighted by Crippen LogP contribution is -2.50. The number of piperazine rings is 1. The second kappa shape index (κ2) is 8.74. The first-order valence-corrected chi connectivity index (χ1v) is 10.8. The normalized spacial score (nSPS) is 14.1. The number of thiophene rings is 1. The Kier molecular flexibility index (Phi) is 5.89. The second-order valence-corrected chi connectivity index (χ2v) is 7.91. The van der Waals surface area contributed by atoms with Gasteiger partial charge in [-0.25, -0.2) is 14.8 Å². The van der Waals surface area contributed by atoms with E-state index >= 15 is 0 Å². The van der Waals surface area contributed by atoms with Crippen molar-refractivity contribution >= 4 is 39.1 Å². The summed E-state index contributed by atoms with van der Waals surface area (Å²) in [5.74, 6) is 2.12. The third-order valence-corrected chi connectivity index (χ3v) is 6.17. The summed E-state index contributed by atoms with van der Waals surface area (Å²) < 4.78 is 10.8. The van der Waals surface area contributed by atoms with Gasteiger partial charge in [-0.1, -0.05) is 6.92 Å². The molecule has 0 atom stereocenters. The van der Waals surface area contributed by atoms with Crippen LogP contribution in [0.1, 0.15) is 12.5 Å². The maximum Gasteiger partial charge on any atom is 0.322 e. The quantitative estimate of drug-likeness (QED) is 0.670. The molecule has 0 bridgehead atoms. The van der Waals surface area contributed by atoms with E-state index in [0.29, 0.717) is 37.7 Å². The topological polar surface area (TPSA) is 79.8 Å². The van der Waals surface area contributed by atoms with Gasteiger partial charge in [0.25, 0.3) is 0 Å². The van der Waals surface area contributed by atoms with Gasteiger partial charge >= 0.3 is 6.03 Å². The van der Waals surface area contributed by atoms with Gasteiger partial charge in [-0.15, -0.1) is 11.3 Å². The molecule has 0 radical (unpaired) electrons. The van der Waals surface area contributed by atoms with E-state index in [0.717, 1.165) is 28.1 Å². The van der Waals surface area contributed by atoms with Gasteiger partial charge in [-0.05, 0) is 29.5 Å². The Hall–Kier alpha value is -3.07. The fourth-order valence-electron chi connectivity index (χ4n) is 3.55. The van der Waals surface area contributed by atoms with Crippen LogP contribution in [-0.2, 0) is 6.42 Å². The molecule has 30 heavy (non-hydrogen) atoms. The van der Waals surface area contributed by atoms with E-state index < -0.39 is 0 Å². The summed E-state index contributed by atoms with van der Waals surface area (Å²) in [6.45, 7) is 4.74. The van der Waals surface area contributed by atoms with Gasteiger partial charge in [0.1, 0.15) is 12.1 Å². The molecule has 3 heterocycles. The van der Waals surface area contributed by atoms with Crippen molar-refractivity contribution in [2.45, 2.75) is 13.3 Å². The number of methoxy groups -OCH3 is 2. The third kappa shape index (κ3) is 3.97. The molecule has 1 saturated heterocycles. The van der Waals surface area contributed by atoms with Crippen molar-refractivity contribution in [1.29, 1.82) is 0 Å². The smallest absolute Gasteiger partial charge is 0.322 e. The van der Waals surface area contributed by atoms with Gasteiger partial charge in [0, 0.05) is 37.6 Å². The van der Waals surface area contributed by atoms with E-state index in [9.17, 15) is 4.79 Å². The summed E-state index contributed by atoms with van der Waals surface area (Å²) in [5.41, 5.74) is 2.03. The number of hydrogen-bond acceptors (Lipinski definition) is 7. The molecule has 2 aromatic heterocycles. The van der Waals surface area contributed by atoms with Gasteiger partial charge in [0.05, 0.1) is 24.7 Å². The molecular weight excluding hydrogens is 402 g/mol. The maximum absolute atomic E-state index is 12.6. The van der Waals surface area contributed by atoms with Gasteiger partial charge < -0.3 is 19.3 Å². The number of aromatic nitrogens is 2. The molecule has 8 nitrogen and oxygen atoms in total. The zero-order valence-electron chi connectivity index (χ0n) is 17.3. The van der Waals surface area contributed by atoms with Crippen molar-refractivity contribution in [1.82, 2.24) is 14.9 Å². The number of ether oxygens (including phenoxy) is 2. The number of benzene rings is 1. The molecule has 3 aromatic rings. The van der Waals surface area contributed by atoms with Crippen LogP contribution in [0.5, 0.6) is 11.5 Å². The summed E-state index contributed by atoms with van der Waals surface area (Å²) in [6.07, 6.45) is 2.53.